The lowest BCUT2D eigenvalue weighted by Gasteiger charge is -2.34. The van der Waals surface area contributed by atoms with Gasteiger partial charge >= 0.3 is 10.2 Å². The Morgan fingerprint density at radius 2 is 1.20 bits per heavy atom. The van der Waals surface area contributed by atoms with Crippen molar-refractivity contribution in [3.63, 3.8) is 0 Å². The van der Waals surface area contributed by atoms with E-state index in [1.54, 1.807) is 20.8 Å². The van der Waals surface area contributed by atoms with Crippen LogP contribution in [-0.4, -0.2) is 8.07 Å². The van der Waals surface area contributed by atoms with Crippen LogP contribution in [0, 0.1) is 10.8 Å². The van der Waals surface area contributed by atoms with Crippen LogP contribution in [0.5, 0.6) is 0 Å². The number of hydrogen-bond donors (Lipinski definition) is 0. The summed E-state index contributed by atoms with van der Waals surface area (Å²) in [6.45, 7) is 5.12. The molecule has 0 nitrogen and oxygen atoms in total. The van der Waals surface area contributed by atoms with Gasteiger partial charge in [0.1, 0.15) is 8.07 Å². The number of rotatable bonds is 3. The molecule has 0 aromatic carbocycles. The molecule has 0 bridgehead atoms. The Morgan fingerprint density at radius 3 is 1.40 bits per heavy atom. The molecule has 15 heavy (non-hydrogen) atoms. The molecular formula is C8H15F5SSi. The molecule has 0 heterocycles. The Labute approximate surface area is 88.0 Å². The molecule has 0 aliphatic heterocycles. The van der Waals surface area contributed by atoms with Crippen LogP contribution in [0.4, 0.5) is 19.4 Å². The first-order valence-electron chi connectivity index (χ1n) is 4.66. The van der Waals surface area contributed by atoms with Crippen LogP contribution < -0.4 is 0 Å². The van der Waals surface area contributed by atoms with E-state index in [0.717, 1.165) is 0 Å². The zero-order valence-electron chi connectivity index (χ0n) is 8.92. The zero-order valence-corrected chi connectivity index (χ0v) is 10.7. The van der Waals surface area contributed by atoms with Crippen molar-refractivity contribution in [1.29, 1.82) is 0 Å². The van der Waals surface area contributed by atoms with E-state index in [9.17, 15) is 19.4 Å². The fraction of sp³-hybridized carbons (Fsp3) is 0.750. The molecule has 0 spiro atoms. The van der Waals surface area contributed by atoms with E-state index in [1.807, 2.05) is 5.54 Å². The van der Waals surface area contributed by atoms with Gasteiger partial charge in [-0.05, 0) is 18.1 Å². The fourth-order valence-electron chi connectivity index (χ4n) is 1.22. The molecule has 7 heteroatoms. The van der Waals surface area contributed by atoms with Crippen LogP contribution in [0.2, 0.25) is 18.1 Å². The maximum Gasteiger partial charge on any atom is 0.344 e. The van der Waals surface area contributed by atoms with Crippen molar-refractivity contribution in [1.82, 2.24) is 0 Å². The number of halogens is 5. The van der Waals surface area contributed by atoms with Gasteiger partial charge in [0, 0.05) is 0 Å². The average molecular weight is 266 g/mol. The second-order valence-electron chi connectivity index (χ2n) is 3.54. The fourth-order valence-corrected chi connectivity index (χ4v) is 4.89. The zero-order chi connectivity index (χ0) is 12.4. The second-order valence-corrected chi connectivity index (χ2v) is 10.6. The summed E-state index contributed by atoms with van der Waals surface area (Å²) in [5.74, 6) is 0. The van der Waals surface area contributed by atoms with Gasteiger partial charge in [0.05, 0.1) is 5.25 Å². The summed E-state index contributed by atoms with van der Waals surface area (Å²) < 4.78 is 60.0. The molecule has 0 radical (unpaired) electrons. The normalized spacial score (nSPS) is 17.3. The van der Waals surface area contributed by atoms with Crippen molar-refractivity contribution in [2.75, 3.05) is 0 Å². The third-order valence-electron chi connectivity index (χ3n) is 2.54. The first kappa shape index (κ1) is 14.8. The average Bonchev–Trinajstić information content (AvgIpc) is 2.04. The monoisotopic (exact) mass is 266 g/mol. The molecule has 0 N–H and O–H groups in total. The van der Waals surface area contributed by atoms with Gasteiger partial charge in [0.2, 0.25) is 0 Å². The van der Waals surface area contributed by atoms with E-state index in [0.29, 0.717) is 23.4 Å². The van der Waals surface area contributed by atoms with E-state index >= 15 is 0 Å². The van der Waals surface area contributed by atoms with Gasteiger partial charge in [-0.2, -0.15) is 0 Å². The van der Waals surface area contributed by atoms with Gasteiger partial charge in [0.15, 0.2) is 0 Å². The summed E-state index contributed by atoms with van der Waals surface area (Å²) in [7, 11) is -12.0. The van der Waals surface area contributed by atoms with Crippen LogP contribution in [0.3, 0.4) is 0 Å². The third-order valence-corrected chi connectivity index (χ3v) is 7.92. The maximum absolute atomic E-state index is 12.0. The standard InChI is InChI=1S/C8H15F5SSi/c1-4-15(5-2,6-3)8-7-14(9,10,11,12)13/h4-6H2,1-3H3. The van der Waals surface area contributed by atoms with E-state index in [1.165, 1.54) is 0 Å². The molecular weight excluding hydrogens is 251 g/mol. The molecule has 0 saturated carbocycles. The Balaban J connectivity index is 5.28. The van der Waals surface area contributed by atoms with Crippen molar-refractivity contribution in [2.45, 2.75) is 38.9 Å². The first-order valence-corrected chi connectivity index (χ1v) is 9.23. The Bertz CT molecular complexity index is 283. The Kier molecular flexibility index (Phi) is 3.33. The molecule has 0 atom stereocenters. The Hall–Kier alpha value is -0.223. The molecule has 0 rings (SSSR count). The molecule has 0 aliphatic rings. The lowest BCUT2D eigenvalue weighted by molar-refractivity contribution is 0.389. The molecule has 0 unspecified atom stereocenters. The molecule has 0 fully saturated rings. The summed E-state index contributed by atoms with van der Waals surface area (Å²) in [4.78, 5) is 0. The lowest BCUT2D eigenvalue weighted by Crippen LogP contribution is -2.29. The van der Waals surface area contributed by atoms with Crippen LogP contribution in [0.15, 0.2) is 0 Å². The highest BCUT2D eigenvalue weighted by Gasteiger charge is 2.62. The number of hydrogen-bond acceptors (Lipinski definition) is 0. The highest BCUT2D eigenvalue weighted by Crippen LogP contribution is 2.97. The quantitative estimate of drug-likeness (QED) is 0.370. The second kappa shape index (κ2) is 3.38. The summed E-state index contributed by atoms with van der Waals surface area (Å²) in [5, 5.41) is 0.365. The van der Waals surface area contributed by atoms with E-state index in [-0.39, 0.29) is 0 Å². The summed E-state index contributed by atoms with van der Waals surface area (Å²) >= 11 is 0. The molecule has 0 aliphatic carbocycles. The SMILES string of the molecule is CC[Si](C#CS(F)(F)(F)(F)F)(CC)CC. The highest BCUT2D eigenvalue weighted by atomic mass is 32.5. The van der Waals surface area contributed by atoms with Crippen LogP contribution >= 0.6 is 10.2 Å². The maximum atomic E-state index is 12.0. The molecule has 0 aromatic heterocycles. The van der Waals surface area contributed by atoms with Crippen LogP contribution in [0.25, 0.3) is 0 Å². The highest BCUT2D eigenvalue weighted by molar-refractivity contribution is 8.49. The van der Waals surface area contributed by atoms with Gasteiger partial charge in [-0.15, -0.1) is 5.54 Å². The van der Waals surface area contributed by atoms with Gasteiger partial charge in [-0.25, -0.2) is 0 Å². The minimum atomic E-state index is -9.53. The molecule has 0 saturated heterocycles. The van der Waals surface area contributed by atoms with Crippen molar-refractivity contribution in [2.24, 2.45) is 0 Å². The third kappa shape index (κ3) is 6.05. The van der Waals surface area contributed by atoms with Crippen molar-refractivity contribution >= 4 is 18.3 Å². The molecule has 92 valence electrons. The molecule has 0 amide bonds. The Morgan fingerprint density at radius 1 is 0.867 bits per heavy atom. The minimum Gasteiger partial charge on any atom is -0.111 e. The predicted octanol–water partition coefficient (Wildman–Crippen LogP) is 5.29. The van der Waals surface area contributed by atoms with E-state index in [4.69, 9.17) is 0 Å². The topological polar surface area (TPSA) is 0 Å². The lowest BCUT2D eigenvalue weighted by atomic mass is 10.9. The van der Waals surface area contributed by atoms with Gasteiger partial charge < -0.3 is 0 Å². The smallest absolute Gasteiger partial charge is 0.111 e. The molecule has 0 aromatic rings. The van der Waals surface area contributed by atoms with Crippen molar-refractivity contribution < 1.29 is 19.4 Å². The first-order chi connectivity index (χ1) is 6.37. The summed E-state index contributed by atoms with van der Waals surface area (Å²) in [6, 6.07) is 1.42. The summed E-state index contributed by atoms with van der Waals surface area (Å²) in [6.07, 6.45) is 0. The van der Waals surface area contributed by atoms with Crippen molar-refractivity contribution in [3.05, 3.63) is 0 Å². The largest absolute Gasteiger partial charge is 0.344 e. The van der Waals surface area contributed by atoms with Gasteiger partial charge in [-0.3, -0.25) is 0 Å². The van der Waals surface area contributed by atoms with E-state index < -0.39 is 18.3 Å². The van der Waals surface area contributed by atoms with Gasteiger partial charge in [-0.1, -0.05) is 40.2 Å². The summed E-state index contributed by atoms with van der Waals surface area (Å²) in [5.41, 5.74) is 1.87. The van der Waals surface area contributed by atoms with Crippen molar-refractivity contribution in [3.8, 4) is 10.8 Å². The van der Waals surface area contributed by atoms with E-state index in [2.05, 4.69) is 0 Å². The van der Waals surface area contributed by atoms with Crippen LogP contribution in [-0.2, 0) is 0 Å². The minimum absolute atomic E-state index is 0.365. The van der Waals surface area contributed by atoms with Gasteiger partial charge in [0.25, 0.3) is 0 Å². The van der Waals surface area contributed by atoms with Crippen LogP contribution in [0.1, 0.15) is 20.8 Å². The predicted molar refractivity (Wildman–Crippen MR) is 58.1 cm³/mol.